The highest BCUT2D eigenvalue weighted by Crippen LogP contribution is 2.28. The van der Waals surface area contributed by atoms with Crippen molar-refractivity contribution in [3.05, 3.63) is 33.1 Å². The normalized spacial score (nSPS) is 19.3. The number of halogens is 1. The summed E-state index contributed by atoms with van der Waals surface area (Å²) in [7, 11) is 0. The molecule has 1 amide bonds. The van der Waals surface area contributed by atoms with Crippen LogP contribution in [0, 0.1) is 16.0 Å². The zero-order valence-corrected chi connectivity index (χ0v) is 11.3. The quantitative estimate of drug-likeness (QED) is 0.475. The van der Waals surface area contributed by atoms with E-state index >= 15 is 0 Å². The van der Waals surface area contributed by atoms with Crippen LogP contribution in [0.2, 0.25) is 5.15 Å². The number of nitrogens with zero attached hydrogens (tertiary/aromatic N) is 3. The van der Waals surface area contributed by atoms with E-state index in [1.807, 2.05) is 0 Å². The number of rotatable bonds is 2. The molecule has 1 saturated heterocycles. The number of aromatic nitrogens is 1. The molecule has 1 aliphatic heterocycles. The van der Waals surface area contributed by atoms with Crippen molar-refractivity contribution in [3.63, 3.8) is 0 Å². The molecule has 0 bridgehead atoms. The summed E-state index contributed by atoms with van der Waals surface area (Å²) in [5.74, 6) is 0.0663. The van der Waals surface area contributed by atoms with Crippen LogP contribution in [0.5, 0.6) is 0 Å². The molecule has 0 N–H and O–H groups in total. The van der Waals surface area contributed by atoms with Crippen LogP contribution in [-0.2, 0) is 0 Å². The molecule has 0 saturated carbocycles. The second kappa shape index (κ2) is 5.52. The summed E-state index contributed by atoms with van der Waals surface area (Å²) in [6, 6.07) is 1.35. The van der Waals surface area contributed by atoms with Crippen molar-refractivity contribution in [2.24, 2.45) is 5.92 Å². The third-order valence-electron chi connectivity index (χ3n) is 3.24. The summed E-state index contributed by atoms with van der Waals surface area (Å²) < 4.78 is 0. The minimum atomic E-state index is -0.657. The van der Waals surface area contributed by atoms with Gasteiger partial charge in [-0.15, -0.1) is 0 Å². The Hall–Kier alpha value is -1.69. The summed E-state index contributed by atoms with van der Waals surface area (Å²) >= 11 is 5.71. The van der Waals surface area contributed by atoms with E-state index in [0.717, 1.165) is 12.8 Å². The van der Waals surface area contributed by atoms with Gasteiger partial charge >= 0.3 is 5.69 Å². The van der Waals surface area contributed by atoms with Gasteiger partial charge in [-0.3, -0.25) is 14.9 Å². The molecular weight excluding hydrogens is 270 g/mol. The Morgan fingerprint density at radius 2 is 2.37 bits per heavy atom. The molecule has 1 aromatic heterocycles. The van der Waals surface area contributed by atoms with Gasteiger partial charge in [0.2, 0.25) is 5.15 Å². The van der Waals surface area contributed by atoms with Crippen molar-refractivity contribution in [3.8, 4) is 0 Å². The molecule has 1 unspecified atom stereocenters. The average molecular weight is 284 g/mol. The van der Waals surface area contributed by atoms with Gasteiger partial charge in [0.25, 0.3) is 5.91 Å². The Balaban J connectivity index is 2.33. The van der Waals surface area contributed by atoms with Crippen LogP contribution in [-0.4, -0.2) is 33.8 Å². The van der Waals surface area contributed by atoms with Gasteiger partial charge in [0, 0.05) is 19.3 Å². The lowest BCUT2D eigenvalue weighted by Crippen LogP contribution is -2.39. The van der Waals surface area contributed by atoms with Crippen LogP contribution >= 0.6 is 11.6 Å². The van der Waals surface area contributed by atoms with Gasteiger partial charge in [0.1, 0.15) is 5.56 Å². The zero-order chi connectivity index (χ0) is 14.0. The predicted molar refractivity (Wildman–Crippen MR) is 70.2 cm³/mol. The van der Waals surface area contributed by atoms with Gasteiger partial charge in [-0.25, -0.2) is 4.98 Å². The Kier molecular flexibility index (Phi) is 3.99. The van der Waals surface area contributed by atoms with Gasteiger partial charge in [0.15, 0.2) is 0 Å². The molecule has 0 aliphatic carbocycles. The number of pyridine rings is 1. The Bertz CT molecular complexity index is 521. The second-order valence-corrected chi connectivity index (χ2v) is 5.11. The van der Waals surface area contributed by atoms with E-state index in [1.54, 1.807) is 4.90 Å². The molecule has 102 valence electrons. The molecule has 1 fully saturated rings. The van der Waals surface area contributed by atoms with Gasteiger partial charge in [-0.2, -0.15) is 0 Å². The molecule has 0 radical (unpaired) electrons. The Morgan fingerprint density at radius 1 is 1.63 bits per heavy atom. The molecular formula is C12H14ClN3O3. The lowest BCUT2D eigenvalue weighted by molar-refractivity contribution is -0.385. The summed E-state index contributed by atoms with van der Waals surface area (Å²) in [6.07, 6.45) is 3.30. The molecule has 2 rings (SSSR count). The van der Waals surface area contributed by atoms with E-state index in [4.69, 9.17) is 11.6 Å². The van der Waals surface area contributed by atoms with Crippen molar-refractivity contribution in [2.75, 3.05) is 13.1 Å². The fraction of sp³-hybridized carbons (Fsp3) is 0.500. The van der Waals surface area contributed by atoms with E-state index < -0.39 is 10.6 Å². The Labute approximate surface area is 115 Å². The molecule has 19 heavy (non-hydrogen) atoms. The van der Waals surface area contributed by atoms with Gasteiger partial charge < -0.3 is 4.90 Å². The van der Waals surface area contributed by atoms with E-state index in [2.05, 4.69) is 11.9 Å². The maximum atomic E-state index is 12.4. The first-order chi connectivity index (χ1) is 9.00. The number of carbonyl (C=O) groups is 1. The number of carbonyl (C=O) groups excluding carboxylic acids is 1. The minimum Gasteiger partial charge on any atom is -0.338 e. The molecule has 1 atom stereocenters. The fourth-order valence-corrected chi connectivity index (χ4v) is 2.55. The third kappa shape index (κ3) is 2.84. The standard InChI is InChI=1S/C12H14ClN3O3/c1-8-3-2-6-15(7-8)12(17)9-4-5-14-11(13)10(9)16(18)19/h4-5,8H,2-3,6-7H2,1H3. The molecule has 2 heterocycles. The van der Waals surface area contributed by atoms with Gasteiger partial charge in [-0.1, -0.05) is 18.5 Å². The lowest BCUT2D eigenvalue weighted by Gasteiger charge is -2.30. The SMILES string of the molecule is CC1CCCN(C(=O)c2ccnc(Cl)c2[N+](=O)[O-])C1. The van der Waals surface area contributed by atoms with E-state index in [0.29, 0.717) is 19.0 Å². The summed E-state index contributed by atoms with van der Waals surface area (Å²) in [4.78, 5) is 28.0. The fourth-order valence-electron chi connectivity index (χ4n) is 2.32. The van der Waals surface area contributed by atoms with Crippen LogP contribution in [0.15, 0.2) is 12.3 Å². The summed E-state index contributed by atoms with van der Waals surface area (Å²) in [5, 5.41) is 10.8. The molecule has 1 aliphatic rings. The van der Waals surface area contributed by atoms with Crippen LogP contribution in [0.1, 0.15) is 30.1 Å². The van der Waals surface area contributed by atoms with Gasteiger partial charge in [0.05, 0.1) is 4.92 Å². The number of nitro groups is 1. The summed E-state index contributed by atoms with van der Waals surface area (Å²) in [5.41, 5.74) is -0.397. The molecule has 7 heteroatoms. The van der Waals surface area contributed by atoms with Crippen LogP contribution in [0.4, 0.5) is 5.69 Å². The predicted octanol–water partition coefficient (Wildman–Crippen LogP) is 2.52. The third-order valence-corrected chi connectivity index (χ3v) is 3.51. The number of likely N-dealkylation sites (tertiary alicyclic amines) is 1. The average Bonchev–Trinajstić information content (AvgIpc) is 2.37. The second-order valence-electron chi connectivity index (χ2n) is 4.75. The molecule has 1 aromatic rings. The maximum Gasteiger partial charge on any atom is 0.319 e. The van der Waals surface area contributed by atoms with Crippen molar-refractivity contribution >= 4 is 23.2 Å². The molecule has 0 spiro atoms. The highest BCUT2D eigenvalue weighted by Gasteiger charge is 2.29. The molecule has 0 aromatic carbocycles. The van der Waals surface area contributed by atoms with E-state index in [-0.39, 0.29) is 16.6 Å². The maximum absolute atomic E-state index is 12.4. The topological polar surface area (TPSA) is 76.3 Å². The number of hydrogen-bond donors (Lipinski definition) is 0. The monoisotopic (exact) mass is 283 g/mol. The van der Waals surface area contributed by atoms with E-state index in [9.17, 15) is 14.9 Å². The molecule has 6 nitrogen and oxygen atoms in total. The van der Waals surface area contributed by atoms with Crippen molar-refractivity contribution in [1.29, 1.82) is 0 Å². The van der Waals surface area contributed by atoms with Crippen molar-refractivity contribution in [2.45, 2.75) is 19.8 Å². The minimum absolute atomic E-state index is 0.0131. The van der Waals surface area contributed by atoms with Crippen molar-refractivity contribution < 1.29 is 9.72 Å². The van der Waals surface area contributed by atoms with E-state index in [1.165, 1.54) is 12.3 Å². The first-order valence-electron chi connectivity index (χ1n) is 6.09. The number of amides is 1. The first kappa shape index (κ1) is 13.7. The van der Waals surface area contributed by atoms with Crippen LogP contribution < -0.4 is 0 Å². The number of hydrogen-bond acceptors (Lipinski definition) is 4. The van der Waals surface area contributed by atoms with Crippen LogP contribution in [0.25, 0.3) is 0 Å². The van der Waals surface area contributed by atoms with Crippen LogP contribution in [0.3, 0.4) is 0 Å². The number of piperidine rings is 1. The first-order valence-corrected chi connectivity index (χ1v) is 6.46. The largest absolute Gasteiger partial charge is 0.338 e. The zero-order valence-electron chi connectivity index (χ0n) is 10.5. The van der Waals surface area contributed by atoms with Crippen molar-refractivity contribution in [1.82, 2.24) is 9.88 Å². The highest BCUT2D eigenvalue weighted by molar-refractivity contribution is 6.32. The summed E-state index contributed by atoms with van der Waals surface area (Å²) in [6.45, 7) is 3.31. The highest BCUT2D eigenvalue weighted by atomic mass is 35.5. The smallest absolute Gasteiger partial charge is 0.319 e. The van der Waals surface area contributed by atoms with Gasteiger partial charge in [-0.05, 0) is 24.8 Å². The lowest BCUT2D eigenvalue weighted by atomic mass is 9.99. The Morgan fingerprint density at radius 3 is 3.00 bits per heavy atom.